The lowest BCUT2D eigenvalue weighted by Crippen LogP contribution is -2.45. The molecule has 4 nitrogen and oxygen atoms in total. The van der Waals surface area contributed by atoms with Crippen LogP contribution in [0.25, 0.3) is 0 Å². The van der Waals surface area contributed by atoms with Crippen molar-refractivity contribution in [3.05, 3.63) is 36.5 Å². The summed E-state index contributed by atoms with van der Waals surface area (Å²) in [6, 6.07) is -0.632. The lowest BCUT2D eigenvalue weighted by atomic mass is 10.1. The normalized spacial score (nSPS) is 14.8. The molecule has 0 aliphatic heterocycles. The maximum absolute atomic E-state index is 11.6. The number of aliphatic hydroxyl groups excluding tert-OH is 2. The summed E-state index contributed by atoms with van der Waals surface area (Å²) in [6.07, 6.45) is 17.2. The van der Waals surface area contributed by atoms with Gasteiger partial charge in [-0.05, 0) is 39.0 Å². The first kappa shape index (κ1) is 21.6. The second-order valence-electron chi connectivity index (χ2n) is 5.57. The summed E-state index contributed by atoms with van der Waals surface area (Å²) in [4.78, 5) is 11.6. The van der Waals surface area contributed by atoms with E-state index in [1.54, 1.807) is 6.08 Å². The van der Waals surface area contributed by atoms with Crippen molar-refractivity contribution in [1.29, 1.82) is 0 Å². The maximum atomic E-state index is 11.6. The SMILES string of the molecule is C/C=C/CC/C=C/CC/C=C/C(O)C(CO)NC(=O)CCCC. The van der Waals surface area contributed by atoms with E-state index in [9.17, 15) is 15.0 Å². The minimum Gasteiger partial charge on any atom is -0.394 e. The molecule has 0 saturated carbocycles. The topological polar surface area (TPSA) is 69.6 Å². The molecule has 0 heterocycles. The maximum Gasteiger partial charge on any atom is 0.220 e. The second-order valence-corrected chi connectivity index (χ2v) is 5.57. The number of hydrogen-bond donors (Lipinski definition) is 3. The molecule has 132 valence electrons. The van der Waals surface area contributed by atoms with Gasteiger partial charge in [-0.15, -0.1) is 0 Å². The molecule has 0 fully saturated rings. The molecule has 2 atom stereocenters. The third kappa shape index (κ3) is 12.8. The molecule has 1 amide bonds. The zero-order valence-electron chi connectivity index (χ0n) is 14.6. The van der Waals surface area contributed by atoms with Gasteiger partial charge in [-0.1, -0.05) is 49.8 Å². The quantitative estimate of drug-likeness (QED) is 0.360. The number of allylic oxidation sites excluding steroid dienone is 5. The molecule has 0 aromatic heterocycles. The Bertz CT molecular complexity index is 375. The summed E-state index contributed by atoms with van der Waals surface area (Å²) >= 11 is 0. The van der Waals surface area contributed by atoms with E-state index in [1.807, 2.05) is 19.9 Å². The van der Waals surface area contributed by atoms with E-state index in [0.717, 1.165) is 38.5 Å². The fourth-order valence-corrected chi connectivity index (χ4v) is 2.01. The number of aliphatic hydroxyl groups is 2. The average Bonchev–Trinajstić information content (AvgIpc) is 2.56. The minimum atomic E-state index is -0.857. The molecular weight excluding hydrogens is 290 g/mol. The Morgan fingerprint density at radius 2 is 1.70 bits per heavy atom. The predicted octanol–water partition coefficient (Wildman–Crippen LogP) is 3.26. The Labute approximate surface area is 141 Å². The monoisotopic (exact) mass is 323 g/mol. The van der Waals surface area contributed by atoms with E-state index < -0.39 is 12.1 Å². The Morgan fingerprint density at radius 1 is 1.09 bits per heavy atom. The van der Waals surface area contributed by atoms with Gasteiger partial charge in [0.05, 0.1) is 18.8 Å². The van der Waals surface area contributed by atoms with Gasteiger partial charge in [0.1, 0.15) is 0 Å². The van der Waals surface area contributed by atoms with Crippen LogP contribution >= 0.6 is 0 Å². The standard InChI is InChI=1S/C19H33NO3/c1-3-5-7-8-9-10-11-12-13-14-18(22)17(16-21)20-19(23)15-6-4-2/h3,5,9-10,13-14,17-18,21-22H,4,6-8,11-12,15-16H2,1-2H3,(H,20,23)/b5-3+,10-9+,14-13+. The number of carbonyl (C=O) groups is 1. The molecule has 0 aromatic carbocycles. The van der Waals surface area contributed by atoms with Gasteiger partial charge in [0.25, 0.3) is 0 Å². The largest absolute Gasteiger partial charge is 0.394 e. The van der Waals surface area contributed by atoms with Crippen molar-refractivity contribution in [2.24, 2.45) is 0 Å². The van der Waals surface area contributed by atoms with Crippen molar-refractivity contribution in [2.75, 3.05) is 6.61 Å². The number of nitrogens with one attached hydrogen (secondary N) is 1. The van der Waals surface area contributed by atoms with Gasteiger partial charge in [-0.25, -0.2) is 0 Å². The first-order valence-corrected chi connectivity index (χ1v) is 8.66. The Kier molecular flexibility index (Phi) is 14.6. The summed E-state index contributed by atoms with van der Waals surface area (Å²) in [5.74, 6) is -0.123. The molecule has 3 N–H and O–H groups in total. The summed E-state index contributed by atoms with van der Waals surface area (Å²) in [5.41, 5.74) is 0. The van der Waals surface area contributed by atoms with Gasteiger partial charge in [0.15, 0.2) is 0 Å². The molecule has 0 radical (unpaired) electrons. The first-order valence-electron chi connectivity index (χ1n) is 8.66. The van der Waals surface area contributed by atoms with E-state index in [4.69, 9.17) is 0 Å². The van der Waals surface area contributed by atoms with Gasteiger partial charge >= 0.3 is 0 Å². The molecule has 2 unspecified atom stereocenters. The lowest BCUT2D eigenvalue weighted by molar-refractivity contribution is -0.122. The zero-order valence-corrected chi connectivity index (χ0v) is 14.6. The number of carbonyl (C=O) groups excluding carboxylic acids is 1. The lowest BCUT2D eigenvalue weighted by Gasteiger charge is -2.19. The van der Waals surface area contributed by atoms with E-state index >= 15 is 0 Å². The summed E-state index contributed by atoms with van der Waals surface area (Å²) in [7, 11) is 0. The van der Waals surface area contributed by atoms with Gasteiger partial charge in [-0.3, -0.25) is 4.79 Å². The molecule has 4 heteroatoms. The van der Waals surface area contributed by atoms with Crippen molar-refractivity contribution in [3.8, 4) is 0 Å². The van der Waals surface area contributed by atoms with Gasteiger partial charge in [-0.2, -0.15) is 0 Å². The Hall–Kier alpha value is -1.39. The van der Waals surface area contributed by atoms with Crippen molar-refractivity contribution >= 4 is 5.91 Å². The zero-order chi connectivity index (χ0) is 17.3. The van der Waals surface area contributed by atoms with E-state index in [2.05, 4.69) is 29.6 Å². The summed E-state index contributed by atoms with van der Waals surface area (Å²) in [6.45, 7) is 3.77. The van der Waals surface area contributed by atoms with Gasteiger partial charge < -0.3 is 15.5 Å². The minimum absolute atomic E-state index is 0.123. The number of rotatable bonds is 13. The van der Waals surface area contributed by atoms with Crippen LogP contribution in [0.5, 0.6) is 0 Å². The number of amides is 1. The average molecular weight is 323 g/mol. The molecule has 0 aliphatic carbocycles. The van der Waals surface area contributed by atoms with Crippen LogP contribution in [0.1, 0.15) is 58.8 Å². The van der Waals surface area contributed by atoms with Crippen molar-refractivity contribution in [2.45, 2.75) is 70.9 Å². The van der Waals surface area contributed by atoms with Crippen LogP contribution in [-0.2, 0) is 4.79 Å². The molecule has 0 aromatic rings. The fourth-order valence-electron chi connectivity index (χ4n) is 2.01. The van der Waals surface area contributed by atoms with Crippen molar-refractivity contribution in [1.82, 2.24) is 5.32 Å². The summed E-state index contributed by atoms with van der Waals surface area (Å²) in [5, 5.41) is 22.0. The highest BCUT2D eigenvalue weighted by Gasteiger charge is 2.17. The van der Waals surface area contributed by atoms with Crippen LogP contribution < -0.4 is 5.32 Å². The van der Waals surface area contributed by atoms with Crippen LogP contribution in [0.2, 0.25) is 0 Å². The van der Waals surface area contributed by atoms with Gasteiger partial charge in [0, 0.05) is 6.42 Å². The number of hydrogen-bond acceptors (Lipinski definition) is 3. The van der Waals surface area contributed by atoms with Crippen LogP contribution in [0.15, 0.2) is 36.5 Å². The van der Waals surface area contributed by atoms with Crippen LogP contribution in [0.3, 0.4) is 0 Å². The molecular formula is C19H33NO3. The molecule has 0 bridgehead atoms. The van der Waals surface area contributed by atoms with E-state index in [-0.39, 0.29) is 12.5 Å². The van der Waals surface area contributed by atoms with Crippen LogP contribution in [0.4, 0.5) is 0 Å². The second kappa shape index (κ2) is 15.5. The van der Waals surface area contributed by atoms with E-state index in [0.29, 0.717) is 6.42 Å². The molecule has 0 rings (SSSR count). The molecule has 0 saturated heterocycles. The summed E-state index contributed by atoms with van der Waals surface area (Å²) < 4.78 is 0. The van der Waals surface area contributed by atoms with Gasteiger partial charge in [0.2, 0.25) is 5.91 Å². The van der Waals surface area contributed by atoms with Crippen molar-refractivity contribution < 1.29 is 15.0 Å². The number of unbranched alkanes of at least 4 members (excludes halogenated alkanes) is 3. The van der Waals surface area contributed by atoms with Crippen LogP contribution in [0, 0.1) is 0 Å². The fraction of sp³-hybridized carbons (Fsp3) is 0.632. The Morgan fingerprint density at radius 3 is 2.26 bits per heavy atom. The first-order chi connectivity index (χ1) is 11.2. The third-order valence-corrected chi connectivity index (χ3v) is 3.45. The van der Waals surface area contributed by atoms with Crippen LogP contribution in [-0.4, -0.2) is 34.9 Å². The highest BCUT2D eigenvalue weighted by atomic mass is 16.3. The van der Waals surface area contributed by atoms with Crippen molar-refractivity contribution in [3.63, 3.8) is 0 Å². The van der Waals surface area contributed by atoms with E-state index in [1.165, 1.54) is 0 Å². The third-order valence-electron chi connectivity index (χ3n) is 3.45. The highest BCUT2D eigenvalue weighted by molar-refractivity contribution is 5.76. The molecule has 0 aliphatic rings. The predicted molar refractivity (Wildman–Crippen MR) is 96.1 cm³/mol. The molecule has 23 heavy (non-hydrogen) atoms. The smallest absolute Gasteiger partial charge is 0.220 e. The molecule has 0 spiro atoms. The highest BCUT2D eigenvalue weighted by Crippen LogP contribution is 2.02. The Balaban J connectivity index is 3.98.